The molecule has 0 aliphatic carbocycles. The Hall–Kier alpha value is -3.14. The van der Waals surface area contributed by atoms with E-state index in [1.807, 2.05) is 66.7 Å². The SMILES string of the molecule is COc1ccc(C(Oc2c[c]ccc2)c2ccccc2)c(OC)c1OC. The van der Waals surface area contributed by atoms with E-state index >= 15 is 0 Å². The summed E-state index contributed by atoms with van der Waals surface area (Å²) in [7, 11) is 4.80. The van der Waals surface area contributed by atoms with Crippen molar-refractivity contribution in [3.63, 3.8) is 0 Å². The van der Waals surface area contributed by atoms with Gasteiger partial charge in [0.2, 0.25) is 5.75 Å². The van der Waals surface area contributed by atoms with Crippen molar-refractivity contribution in [1.29, 1.82) is 0 Å². The molecule has 0 bridgehead atoms. The first-order chi connectivity index (χ1) is 12.8. The van der Waals surface area contributed by atoms with Crippen molar-refractivity contribution in [2.75, 3.05) is 21.3 Å². The molecule has 1 atom stereocenters. The van der Waals surface area contributed by atoms with Gasteiger partial charge in [-0.3, -0.25) is 0 Å². The quantitative estimate of drug-likeness (QED) is 0.620. The molecule has 4 heteroatoms. The van der Waals surface area contributed by atoms with Crippen molar-refractivity contribution in [3.05, 3.63) is 83.9 Å². The van der Waals surface area contributed by atoms with Crippen LogP contribution < -0.4 is 18.9 Å². The summed E-state index contributed by atoms with van der Waals surface area (Å²) in [6.07, 6.45) is -0.373. The normalized spacial score (nSPS) is 11.5. The van der Waals surface area contributed by atoms with Gasteiger partial charge in [0, 0.05) is 5.56 Å². The highest BCUT2D eigenvalue weighted by Gasteiger charge is 2.25. The number of hydrogen-bond acceptors (Lipinski definition) is 4. The summed E-state index contributed by atoms with van der Waals surface area (Å²) in [5.41, 5.74) is 1.85. The highest BCUT2D eigenvalue weighted by atomic mass is 16.5. The summed E-state index contributed by atoms with van der Waals surface area (Å²) in [6, 6.07) is 24.2. The van der Waals surface area contributed by atoms with Crippen molar-refractivity contribution >= 4 is 0 Å². The largest absolute Gasteiger partial charge is 0.493 e. The van der Waals surface area contributed by atoms with E-state index in [1.54, 1.807) is 21.3 Å². The van der Waals surface area contributed by atoms with Crippen LogP contribution in [0.1, 0.15) is 17.2 Å². The van der Waals surface area contributed by atoms with Gasteiger partial charge in [-0.1, -0.05) is 42.5 Å². The van der Waals surface area contributed by atoms with E-state index in [4.69, 9.17) is 18.9 Å². The molecule has 0 aliphatic heterocycles. The number of benzene rings is 3. The van der Waals surface area contributed by atoms with Crippen LogP contribution >= 0.6 is 0 Å². The van der Waals surface area contributed by atoms with Gasteiger partial charge in [-0.15, -0.1) is 0 Å². The second-order valence-corrected chi connectivity index (χ2v) is 5.57. The van der Waals surface area contributed by atoms with Crippen molar-refractivity contribution in [1.82, 2.24) is 0 Å². The van der Waals surface area contributed by atoms with Crippen LogP contribution in [0.3, 0.4) is 0 Å². The molecule has 1 unspecified atom stereocenters. The molecule has 1 radical (unpaired) electrons. The zero-order valence-electron chi connectivity index (χ0n) is 15.1. The maximum Gasteiger partial charge on any atom is 0.203 e. The third kappa shape index (κ3) is 3.59. The fourth-order valence-electron chi connectivity index (χ4n) is 2.86. The first kappa shape index (κ1) is 17.7. The molecule has 3 aromatic carbocycles. The molecule has 0 aromatic heterocycles. The fourth-order valence-corrected chi connectivity index (χ4v) is 2.86. The van der Waals surface area contributed by atoms with E-state index in [1.165, 1.54) is 0 Å². The number of rotatable bonds is 7. The van der Waals surface area contributed by atoms with Crippen molar-refractivity contribution < 1.29 is 18.9 Å². The summed E-state index contributed by atoms with van der Waals surface area (Å²) in [5, 5.41) is 0. The Morgan fingerprint density at radius 3 is 2.15 bits per heavy atom. The van der Waals surface area contributed by atoms with E-state index in [0.29, 0.717) is 17.2 Å². The molecule has 0 saturated heterocycles. The van der Waals surface area contributed by atoms with Crippen LogP contribution in [0.5, 0.6) is 23.0 Å². The monoisotopic (exact) mass is 349 g/mol. The molecule has 0 spiro atoms. The summed E-state index contributed by atoms with van der Waals surface area (Å²) in [6.45, 7) is 0. The van der Waals surface area contributed by atoms with Crippen LogP contribution in [-0.2, 0) is 0 Å². The minimum atomic E-state index is -0.373. The lowest BCUT2D eigenvalue weighted by Crippen LogP contribution is -2.12. The van der Waals surface area contributed by atoms with Crippen LogP contribution in [-0.4, -0.2) is 21.3 Å². The topological polar surface area (TPSA) is 36.9 Å². The molecular weight excluding hydrogens is 328 g/mol. The fraction of sp³-hybridized carbons (Fsp3) is 0.182. The Morgan fingerprint density at radius 2 is 1.54 bits per heavy atom. The van der Waals surface area contributed by atoms with Gasteiger partial charge >= 0.3 is 0 Å². The van der Waals surface area contributed by atoms with E-state index in [-0.39, 0.29) is 6.10 Å². The van der Waals surface area contributed by atoms with Crippen LogP contribution in [0, 0.1) is 6.07 Å². The first-order valence-corrected chi connectivity index (χ1v) is 8.25. The summed E-state index contributed by atoms with van der Waals surface area (Å²) < 4.78 is 22.9. The molecule has 0 aliphatic rings. The van der Waals surface area contributed by atoms with Gasteiger partial charge in [0.15, 0.2) is 17.6 Å². The zero-order valence-corrected chi connectivity index (χ0v) is 15.1. The molecule has 0 fully saturated rings. The number of ether oxygens (including phenoxy) is 4. The molecule has 133 valence electrons. The van der Waals surface area contributed by atoms with Crippen LogP contribution in [0.15, 0.2) is 66.7 Å². The average molecular weight is 349 g/mol. The maximum atomic E-state index is 6.29. The summed E-state index contributed by atoms with van der Waals surface area (Å²) >= 11 is 0. The highest BCUT2D eigenvalue weighted by molar-refractivity contribution is 5.58. The predicted molar refractivity (Wildman–Crippen MR) is 100 cm³/mol. The molecule has 0 heterocycles. The Labute approximate surface area is 153 Å². The third-order valence-corrected chi connectivity index (χ3v) is 4.05. The van der Waals surface area contributed by atoms with Crippen LogP contribution in [0.2, 0.25) is 0 Å². The zero-order chi connectivity index (χ0) is 18.4. The van der Waals surface area contributed by atoms with Gasteiger partial charge in [0.05, 0.1) is 21.3 Å². The Balaban J connectivity index is 2.13. The van der Waals surface area contributed by atoms with Gasteiger partial charge in [0.1, 0.15) is 5.75 Å². The Kier molecular flexibility index (Phi) is 5.64. The minimum Gasteiger partial charge on any atom is -0.493 e. The molecule has 4 nitrogen and oxygen atoms in total. The lowest BCUT2D eigenvalue weighted by Gasteiger charge is -2.24. The van der Waals surface area contributed by atoms with Gasteiger partial charge < -0.3 is 18.9 Å². The van der Waals surface area contributed by atoms with E-state index in [9.17, 15) is 0 Å². The average Bonchev–Trinajstić information content (AvgIpc) is 2.72. The van der Waals surface area contributed by atoms with Gasteiger partial charge in [-0.05, 0) is 35.9 Å². The standard InChI is InChI=1S/C22H21O4/c1-23-19-15-14-18(21(24-2)22(19)25-3)20(16-10-6-4-7-11-16)26-17-12-8-5-9-13-17/h4-8,10-15,20H,1-3H3. The maximum absolute atomic E-state index is 6.29. The molecule has 26 heavy (non-hydrogen) atoms. The lowest BCUT2D eigenvalue weighted by molar-refractivity contribution is 0.237. The molecule has 0 N–H and O–H groups in total. The summed E-state index contributed by atoms with van der Waals surface area (Å²) in [5.74, 6) is 2.45. The second kappa shape index (κ2) is 8.30. The lowest BCUT2D eigenvalue weighted by atomic mass is 9.99. The second-order valence-electron chi connectivity index (χ2n) is 5.57. The smallest absolute Gasteiger partial charge is 0.203 e. The van der Waals surface area contributed by atoms with Gasteiger partial charge in [0.25, 0.3) is 0 Å². The van der Waals surface area contributed by atoms with E-state index < -0.39 is 0 Å². The summed E-state index contributed by atoms with van der Waals surface area (Å²) in [4.78, 5) is 0. The van der Waals surface area contributed by atoms with Crippen molar-refractivity contribution in [3.8, 4) is 23.0 Å². The molecular formula is C22H21O4. The Bertz CT molecular complexity index is 832. The highest BCUT2D eigenvalue weighted by Crippen LogP contribution is 2.44. The third-order valence-electron chi connectivity index (χ3n) is 4.05. The molecule has 3 aromatic rings. The molecule has 0 amide bonds. The van der Waals surface area contributed by atoms with Gasteiger partial charge in [-0.25, -0.2) is 0 Å². The first-order valence-electron chi connectivity index (χ1n) is 8.25. The van der Waals surface area contributed by atoms with Crippen molar-refractivity contribution in [2.45, 2.75) is 6.10 Å². The van der Waals surface area contributed by atoms with E-state index in [2.05, 4.69) is 6.07 Å². The minimum absolute atomic E-state index is 0.373. The van der Waals surface area contributed by atoms with Crippen LogP contribution in [0.4, 0.5) is 0 Å². The number of hydrogen-bond donors (Lipinski definition) is 0. The van der Waals surface area contributed by atoms with Crippen LogP contribution in [0.25, 0.3) is 0 Å². The molecule has 3 rings (SSSR count). The Morgan fingerprint density at radius 1 is 0.769 bits per heavy atom. The predicted octanol–water partition coefficient (Wildman–Crippen LogP) is 4.68. The van der Waals surface area contributed by atoms with E-state index in [0.717, 1.165) is 16.9 Å². The van der Waals surface area contributed by atoms with Crippen molar-refractivity contribution in [2.24, 2.45) is 0 Å². The van der Waals surface area contributed by atoms with Gasteiger partial charge in [-0.2, -0.15) is 0 Å². The molecule has 0 saturated carbocycles. The number of methoxy groups -OCH3 is 3.